The molecule has 0 radical (unpaired) electrons. The number of carbonyl (C=O) groups excluding carboxylic acids is 1. The Hall–Kier alpha value is -2.44. The zero-order chi connectivity index (χ0) is 21.2. The van der Waals surface area contributed by atoms with Gasteiger partial charge in [0.15, 0.2) is 5.76 Å². The van der Waals surface area contributed by atoms with Gasteiger partial charge in [-0.2, -0.15) is 0 Å². The maximum absolute atomic E-state index is 12.9. The van der Waals surface area contributed by atoms with Gasteiger partial charge in [-0.1, -0.05) is 13.0 Å². The summed E-state index contributed by atoms with van der Waals surface area (Å²) < 4.78 is 5.35. The monoisotopic (exact) mass is 435 g/mol. The third-order valence-corrected chi connectivity index (χ3v) is 7.83. The first kappa shape index (κ1) is 20.5. The summed E-state index contributed by atoms with van der Waals surface area (Å²) in [5.41, 5.74) is 3.75. The second-order valence-electron chi connectivity index (χ2n) is 8.76. The molecule has 0 unspecified atom stereocenters. The standard InChI is InChI=1S/C25H29N3O2S/c1-17-11-14-28(15-12-17)23(19-8-4-5-13-26-19)22-18-7-2-3-10-21(18)31-25(22)27-24(29)20-9-6-16-30-20/h4-6,8-9,13,16-17,23H,2-3,7,10-12,14-15H2,1H3,(H,27,29)/t23-/m0/s1. The SMILES string of the molecule is CC1CCN([C@@H](c2ccccn2)c2c(NC(=O)c3ccco3)sc3c2CCCC3)CC1. The Morgan fingerprint density at radius 2 is 2.03 bits per heavy atom. The van der Waals surface area contributed by atoms with Crippen LogP contribution in [0.15, 0.2) is 47.2 Å². The topological polar surface area (TPSA) is 58.4 Å². The molecule has 4 heterocycles. The van der Waals surface area contributed by atoms with E-state index in [4.69, 9.17) is 9.40 Å². The molecule has 1 aliphatic heterocycles. The van der Waals surface area contributed by atoms with Crippen LogP contribution in [0.3, 0.4) is 0 Å². The van der Waals surface area contributed by atoms with Crippen molar-refractivity contribution < 1.29 is 9.21 Å². The molecule has 3 aromatic rings. The predicted octanol–water partition coefficient (Wildman–Crippen LogP) is 5.69. The summed E-state index contributed by atoms with van der Waals surface area (Å²) in [6.07, 6.45) is 10.4. The van der Waals surface area contributed by atoms with E-state index in [0.717, 1.165) is 42.5 Å². The van der Waals surface area contributed by atoms with Crippen molar-refractivity contribution in [3.63, 3.8) is 0 Å². The van der Waals surface area contributed by atoms with Gasteiger partial charge in [0.1, 0.15) is 5.00 Å². The van der Waals surface area contributed by atoms with Crippen LogP contribution in [0.4, 0.5) is 5.00 Å². The van der Waals surface area contributed by atoms with Crippen molar-refractivity contribution in [2.45, 2.75) is 51.5 Å². The molecule has 1 N–H and O–H groups in total. The summed E-state index contributed by atoms with van der Waals surface area (Å²) in [6.45, 7) is 4.45. The lowest BCUT2D eigenvalue weighted by atomic mass is 9.88. The van der Waals surface area contributed by atoms with Crippen molar-refractivity contribution in [3.8, 4) is 0 Å². The molecule has 5 nitrogen and oxygen atoms in total. The number of hydrogen-bond acceptors (Lipinski definition) is 5. The number of hydrogen-bond donors (Lipinski definition) is 1. The van der Waals surface area contributed by atoms with Crippen LogP contribution in [0.1, 0.15) is 70.9 Å². The minimum Gasteiger partial charge on any atom is -0.459 e. The van der Waals surface area contributed by atoms with E-state index in [9.17, 15) is 4.79 Å². The number of pyridine rings is 1. The molecule has 0 spiro atoms. The van der Waals surface area contributed by atoms with Crippen LogP contribution in [0.2, 0.25) is 0 Å². The lowest BCUT2D eigenvalue weighted by molar-refractivity contribution is 0.0996. The van der Waals surface area contributed by atoms with Gasteiger partial charge in [0, 0.05) is 16.6 Å². The maximum atomic E-state index is 12.9. The van der Waals surface area contributed by atoms with Gasteiger partial charge in [0.05, 0.1) is 18.0 Å². The lowest BCUT2D eigenvalue weighted by Gasteiger charge is -2.37. The largest absolute Gasteiger partial charge is 0.459 e. The molecule has 3 aromatic heterocycles. The van der Waals surface area contributed by atoms with Gasteiger partial charge in [-0.15, -0.1) is 11.3 Å². The Morgan fingerprint density at radius 1 is 1.19 bits per heavy atom. The van der Waals surface area contributed by atoms with E-state index in [1.165, 1.54) is 41.7 Å². The quantitative estimate of drug-likeness (QED) is 0.559. The minimum absolute atomic E-state index is 0.0682. The second kappa shape index (κ2) is 8.97. The van der Waals surface area contributed by atoms with E-state index in [-0.39, 0.29) is 11.9 Å². The molecule has 0 saturated carbocycles. The molecular formula is C25H29N3O2S. The predicted molar refractivity (Wildman–Crippen MR) is 124 cm³/mol. The minimum atomic E-state index is -0.183. The third-order valence-electron chi connectivity index (χ3n) is 6.61. The maximum Gasteiger partial charge on any atom is 0.291 e. The van der Waals surface area contributed by atoms with E-state index >= 15 is 0 Å². The number of aromatic nitrogens is 1. The molecule has 31 heavy (non-hydrogen) atoms. The van der Waals surface area contributed by atoms with Gasteiger partial charge in [-0.3, -0.25) is 14.7 Å². The van der Waals surface area contributed by atoms with Crippen LogP contribution in [-0.2, 0) is 12.8 Å². The van der Waals surface area contributed by atoms with E-state index in [0.29, 0.717) is 5.76 Å². The summed E-state index contributed by atoms with van der Waals surface area (Å²) in [7, 11) is 0. The molecule has 0 bridgehead atoms. The molecule has 1 aliphatic carbocycles. The lowest BCUT2D eigenvalue weighted by Crippen LogP contribution is -2.37. The van der Waals surface area contributed by atoms with Gasteiger partial charge in [0.25, 0.3) is 5.91 Å². The molecule has 1 fully saturated rings. The molecule has 162 valence electrons. The average Bonchev–Trinajstić information content (AvgIpc) is 3.45. The third kappa shape index (κ3) is 4.19. The molecule has 6 heteroatoms. The number of anilines is 1. The first-order valence-electron chi connectivity index (χ1n) is 11.3. The second-order valence-corrected chi connectivity index (χ2v) is 9.87. The van der Waals surface area contributed by atoms with Crippen molar-refractivity contribution in [2.75, 3.05) is 18.4 Å². The Labute approximate surface area is 187 Å². The number of rotatable bonds is 5. The molecule has 1 amide bonds. The van der Waals surface area contributed by atoms with Gasteiger partial charge < -0.3 is 9.73 Å². The fraction of sp³-hybridized carbons (Fsp3) is 0.440. The van der Waals surface area contributed by atoms with Crippen LogP contribution in [0.5, 0.6) is 0 Å². The van der Waals surface area contributed by atoms with E-state index in [1.54, 1.807) is 29.7 Å². The Bertz CT molecular complexity index is 1020. The number of carbonyl (C=O) groups is 1. The first-order chi connectivity index (χ1) is 15.2. The number of nitrogens with zero attached hydrogens (tertiary/aromatic N) is 2. The molecular weight excluding hydrogens is 406 g/mol. The van der Waals surface area contributed by atoms with Crippen molar-refractivity contribution in [1.29, 1.82) is 0 Å². The molecule has 2 aliphatic rings. The van der Waals surface area contributed by atoms with Gasteiger partial charge >= 0.3 is 0 Å². The van der Waals surface area contributed by atoms with E-state index < -0.39 is 0 Å². The van der Waals surface area contributed by atoms with E-state index in [1.807, 2.05) is 12.3 Å². The van der Waals surface area contributed by atoms with Crippen molar-refractivity contribution in [2.24, 2.45) is 5.92 Å². The Kier molecular flexibility index (Phi) is 5.92. The molecule has 0 aromatic carbocycles. The Balaban J connectivity index is 1.59. The zero-order valence-electron chi connectivity index (χ0n) is 18.0. The number of piperidine rings is 1. The fourth-order valence-corrected chi connectivity index (χ4v) is 6.20. The highest BCUT2D eigenvalue weighted by Crippen LogP contribution is 2.45. The highest BCUT2D eigenvalue weighted by Gasteiger charge is 2.34. The summed E-state index contributed by atoms with van der Waals surface area (Å²) >= 11 is 1.75. The van der Waals surface area contributed by atoms with Crippen LogP contribution in [0, 0.1) is 5.92 Å². The fourth-order valence-electron chi connectivity index (χ4n) is 4.89. The summed E-state index contributed by atoms with van der Waals surface area (Å²) in [5.74, 6) is 0.922. The number of likely N-dealkylation sites (tertiary alicyclic amines) is 1. The number of furan rings is 1. The number of thiophene rings is 1. The zero-order valence-corrected chi connectivity index (χ0v) is 18.8. The summed E-state index contributed by atoms with van der Waals surface area (Å²) in [6, 6.07) is 9.71. The van der Waals surface area contributed by atoms with Crippen LogP contribution >= 0.6 is 11.3 Å². The molecule has 1 saturated heterocycles. The van der Waals surface area contributed by atoms with Crippen LogP contribution in [-0.4, -0.2) is 28.9 Å². The number of amides is 1. The van der Waals surface area contributed by atoms with Crippen molar-refractivity contribution >= 4 is 22.2 Å². The number of aryl methyl sites for hydroxylation is 1. The van der Waals surface area contributed by atoms with Crippen LogP contribution < -0.4 is 5.32 Å². The van der Waals surface area contributed by atoms with Gasteiger partial charge in [-0.05, 0) is 87.4 Å². The Morgan fingerprint density at radius 3 is 2.77 bits per heavy atom. The number of fused-ring (bicyclic) bond motifs is 1. The van der Waals surface area contributed by atoms with Gasteiger partial charge in [-0.25, -0.2) is 0 Å². The van der Waals surface area contributed by atoms with Gasteiger partial charge in [0.2, 0.25) is 0 Å². The smallest absolute Gasteiger partial charge is 0.291 e. The molecule has 1 atom stereocenters. The molecule has 5 rings (SSSR count). The van der Waals surface area contributed by atoms with E-state index in [2.05, 4.69) is 29.3 Å². The van der Waals surface area contributed by atoms with Crippen molar-refractivity contribution in [3.05, 3.63) is 70.3 Å². The summed E-state index contributed by atoms with van der Waals surface area (Å²) in [5, 5.41) is 4.16. The van der Waals surface area contributed by atoms with Crippen molar-refractivity contribution in [1.82, 2.24) is 9.88 Å². The van der Waals surface area contributed by atoms with Crippen LogP contribution in [0.25, 0.3) is 0 Å². The average molecular weight is 436 g/mol. The highest BCUT2D eigenvalue weighted by molar-refractivity contribution is 7.16. The first-order valence-corrected chi connectivity index (χ1v) is 12.2. The summed E-state index contributed by atoms with van der Waals surface area (Å²) in [4.78, 5) is 21.7. The number of nitrogens with one attached hydrogen (secondary N) is 1. The normalized spacial score (nSPS) is 18.5. The highest BCUT2D eigenvalue weighted by atomic mass is 32.1.